The van der Waals surface area contributed by atoms with E-state index in [1.807, 2.05) is 0 Å². The molecule has 0 atom stereocenters. The van der Waals surface area contributed by atoms with Gasteiger partial charge in [-0.15, -0.1) is 0 Å². The van der Waals surface area contributed by atoms with Gasteiger partial charge in [0.05, 0.1) is 26.4 Å². The molecule has 5 aliphatic rings. The molecule has 0 spiro atoms. The Labute approximate surface area is 828 Å². The summed E-state index contributed by atoms with van der Waals surface area (Å²) in [7, 11) is 0. The Morgan fingerprint density at radius 3 is 0.515 bits per heavy atom. The molecule has 0 amide bonds. The zero-order valence-corrected chi connectivity index (χ0v) is 86.3. The van der Waals surface area contributed by atoms with E-state index < -0.39 is 24.2 Å². The van der Waals surface area contributed by atoms with E-state index in [1.165, 1.54) is 42.4 Å². The minimum atomic E-state index is -2.26. The molecule has 1 aliphatic carbocycles. The Balaban J connectivity index is 0.877. The standard InChI is InChI=1S/C116H132O12P4S4/c1-5-9-21-65-93-97-77-99-94(66-22-10-6-2)101-79-103-96(68-24-12-8-4)104-80-102-95(67-23-11-7-3)100-78-98(93)106-114(118-70-42-46-74-130(134,87-53-29-15-30-54-87)88-55-31-16-32-56-88)108(100)124-83-126-110(102)116(120-72-44-48-76-132(136,91-61-37-19-38-62-91)92-63-39-20-40-64-92)112(104)128-84-127-111(103)115(119-71-43-47-75-131(135,89-57-33-17-34-58-89)90-59-35-18-36-60-90)109(101)125-82-123-107(99)113(105(97)121-81-122-106)117-69-41-45-73-129(133,85-49-25-13-26-50-85)86-51-27-14-28-52-86/h13-20,25-40,49-64,77-80,93-96H,5-12,21-24,41-48,65-76,81-84H2,1-4H3. The molecule has 136 heavy (non-hydrogen) atoms. The highest BCUT2D eigenvalue weighted by atomic mass is 32.5. The predicted molar refractivity (Wildman–Crippen MR) is 578 cm³/mol. The molecule has 0 saturated carbocycles. The fourth-order valence-electron chi connectivity index (χ4n) is 20.8. The van der Waals surface area contributed by atoms with Crippen LogP contribution in [0.15, 0.2) is 267 Å². The topological polar surface area (TPSA) is 111 Å². The first-order valence-corrected chi connectivity index (χ1v) is 62.0. The molecule has 712 valence electrons. The molecule has 4 aliphatic heterocycles. The predicted octanol–water partition coefficient (Wildman–Crippen LogP) is 26.9. The first-order valence-electron chi connectivity index (χ1n) is 50.1. The van der Waals surface area contributed by atoms with Crippen molar-refractivity contribution in [2.24, 2.45) is 0 Å². The molecule has 0 radical (unpaired) electrons. The molecule has 8 bridgehead atoms. The van der Waals surface area contributed by atoms with Gasteiger partial charge in [-0.1, -0.05) is 395 Å². The van der Waals surface area contributed by atoms with E-state index in [9.17, 15) is 0 Å². The minimum Gasteiger partial charge on any atom is -0.486 e. The van der Waals surface area contributed by atoms with Crippen LogP contribution in [0.2, 0.25) is 0 Å². The van der Waals surface area contributed by atoms with E-state index >= 15 is 0 Å². The van der Waals surface area contributed by atoms with Gasteiger partial charge in [-0.2, -0.15) is 0 Å². The van der Waals surface area contributed by atoms with Gasteiger partial charge >= 0.3 is 0 Å². The summed E-state index contributed by atoms with van der Waals surface area (Å²) < 4.78 is 90.7. The lowest BCUT2D eigenvalue weighted by Gasteiger charge is -2.37. The number of hydrogen-bond acceptors (Lipinski definition) is 16. The summed E-state index contributed by atoms with van der Waals surface area (Å²) >= 11 is 27.8. The highest BCUT2D eigenvalue weighted by Gasteiger charge is 2.44. The van der Waals surface area contributed by atoms with E-state index in [4.69, 9.17) is 104 Å². The van der Waals surface area contributed by atoms with Crippen LogP contribution in [0.5, 0.6) is 69.0 Å². The number of benzene rings is 12. The Kier molecular flexibility index (Phi) is 34.5. The molecule has 12 aromatic rings. The Morgan fingerprint density at radius 2 is 0.368 bits per heavy atom. The summed E-state index contributed by atoms with van der Waals surface area (Å²) in [5, 5.41) is 9.67. The van der Waals surface area contributed by atoms with Gasteiger partial charge in [0.15, 0.2) is 46.0 Å². The lowest BCUT2D eigenvalue weighted by molar-refractivity contribution is 0.0820. The van der Waals surface area contributed by atoms with Crippen molar-refractivity contribution in [3.8, 4) is 69.0 Å². The first kappa shape index (κ1) is 98.4. The monoisotopic (exact) mass is 1970 g/mol. The maximum atomic E-state index is 7.69. The van der Waals surface area contributed by atoms with Gasteiger partial charge in [-0.3, -0.25) is 0 Å². The largest absolute Gasteiger partial charge is 0.486 e. The quantitative estimate of drug-likeness (QED) is 0.0266. The highest BCUT2D eigenvalue weighted by Crippen LogP contribution is 2.64. The third kappa shape index (κ3) is 22.0. The van der Waals surface area contributed by atoms with Gasteiger partial charge in [0, 0.05) is 92.3 Å². The molecule has 0 fully saturated rings. The summed E-state index contributed by atoms with van der Waals surface area (Å²) in [5.74, 6) is 5.39. The van der Waals surface area contributed by atoms with Gasteiger partial charge < -0.3 is 56.8 Å². The molecular formula is C116H132O12P4S4. The number of unbranched alkanes of at least 4 members (excludes halogenated alkanes) is 12. The second-order valence-electron chi connectivity index (χ2n) is 36.7. The van der Waals surface area contributed by atoms with Crippen molar-refractivity contribution in [3.63, 3.8) is 0 Å². The lowest BCUT2D eigenvalue weighted by Crippen LogP contribution is -2.24. The van der Waals surface area contributed by atoms with Crippen LogP contribution in [0.1, 0.15) is 250 Å². The minimum absolute atomic E-state index is 0.195. The van der Waals surface area contributed by atoms with Crippen LogP contribution in [0.4, 0.5) is 0 Å². The Hall–Kier alpha value is -9.16. The zero-order valence-electron chi connectivity index (χ0n) is 79.5. The van der Waals surface area contributed by atoms with Crippen molar-refractivity contribution in [2.45, 2.75) is 205 Å². The van der Waals surface area contributed by atoms with Crippen molar-refractivity contribution in [2.75, 3.05) is 78.2 Å². The fraction of sp³-hybridized carbons (Fsp3) is 0.379. The van der Waals surface area contributed by atoms with Gasteiger partial charge in [0.2, 0.25) is 50.2 Å². The van der Waals surface area contributed by atoms with Crippen molar-refractivity contribution in [1.82, 2.24) is 0 Å². The van der Waals surface area contributed by atoms with Crippen molar-refractivity contribution < 1.29 is 56.8 Å². The maximum absolute atomic E-state index is 7.69. The van der Waals surface area contributed by atoms with Crippen LogP contribution < -0.4 is 99.3 Å². The average Bonchev–Trinajstić information content (AvgIpc) is 0.717. The van der Waals surface area contributed by atoms with Gasteiger partial charge in [0.25, 0.3) is 0 Å². The van der Waals surface area contributed by atoms with E-state index in [1.54, 1.807) is 0 Å². The summed E-state index contributed by atoms with van der Waals surface area (Å²) in [6, 6.07) is 86.9. The van der Waals surface area contributed by atoms with Gasteiger partial charge in [0.1, 0.15) is 0 Å². The molecular weight excluding hydrogens is 1840 g/mol. The van der Waals surface area contributed by atoms with Crippen LogP contribution in [0.25, 0.3) is 0 Å². The molecule has 12 aromatic carbocycles. The Bertz CT molecular complexity index is 5100. The smallest absolute Gasteiger partial charge is 0.231 e. The van der Waals surface area contributed by atoms with Crippen LogP contribution in [-0.4, -0.2) is 78.2 Å². The summed E-state index contributed by atoms with van der Waals surface area (Å²) in [6.07, 6.45) is 23.8. The zero-order chi connectivity index (χ0) is 93.5. The molecule has 0 unspecified atom stereocenters. The SMILES string of the molecule is CCCCCC1c2cc3c4c(OCCCCP(=S)(c5ccccc5)c5ccccc5)c2OCOc2c1cc1c(c2OCCCCP(=S)(c2ccccc2)c2ccccc2)OCOc2c(cc5c(c2OCCCCP(=S)(c2ccccc2)c2ccccc2)OCOc2c(cc(c(c2OCCCCP(=S)(c2ccccc2)c2ccccc2)OCO4)C3CCCCC)C5CCCCC)C1CCCCC. The van der Waals surface area contributed by atoms with Crippen LogP contribution in [0, 0.1) is 0 Å². The number of hydrogen-bond donors (Lipinski definition) is 0. The summed E-state index contributed by atoms with van der Waals surface area (Å²) in [6.45, 7) is 9.78. The third-order valence-electron chi connectivity index (χ3n) is 27.8. The first-order chi connectivity index (χ1) is 66.9. The van der Waals surface area contributed by atoms with Crippen LogP contribution in [-0.2, 0) is 47.2 Å². The molecule has 17 rings (SSSR count). The van der Waals surface area contributed by atoms with E-state index in [0.717, 1.165) is 198 Å². The van der Waals surface area contributed by atoms with E-state index in [2.05, 4.69) is 295 Å². The maximum Gasteiger partial charge on any atom is 0.231 e. The molecule has 0 aromatic heterocycles. The van der Waals surface area contributed by atoms with E-state index in [0.29, 0.717) is 121 Å². The molecule has 4 heterocycles. The van der Waals surface area contributed by atoms with Gasteiger partial charge in [-0.25, -0.2) is 0 Å². The van der Waals surface area contributed by atoms with E-state index in [-0.39, 0.29) is 50.8 Å². The lowest BCUT2D eigenvalue weighted by atomic mass is 9.75. The average molecular weight is 1970 g/mol. The molecule has 20 heteroatoms. The highest BCUT2D eigenvalue weighted by molar-refractivity contribution is 8.23. The fourth-order valence-corrected chi connectivity index (χ4v) is 36.4. The molecule has 0 N–H and O–H groups in total. The second-order valence-corrected chi connectivity index (χ2v) is 56.1. The van der Waals surface area contributed by atoms with Crippen LogP contribution in [0.3, 0.4) is 0 Å². The number of rotatable bonds is 48. The van der Waals surface area contributed by atoms with Crippen molar-refractivity contribution in [3.05, 3.63) is 311 Å². The summed E-state index contributed by atoms with van der Waals surface area (Å²) in [5.41, 5.74) is 7.94. The second kappa shape index (κ2) is 47.7. The summed E-state index contributed by atoms with van der Waals surface area (Å²) in [4.78, 5) is 0. The number of ether oxygens (including phenoxy) is 12. The Morgan fingerprint density at radius 1 is 0.213 bits per heavy atom. The van der Waals surface area contributed by atoms with Crippen molar-refractivity contribution >= 4 is 114 Å². The van der Waals surface area contributed by atoms with Crippen LogP contribution >= 0.6 is 24.2 Å². The normalized spacial score (nSPS) is 15.7. The third-order valence-corrected chi connectivity index (χ3v) is 47.9. The molecule has 0 saturated heterocycles. The van der Waals surface area contributed by atoms with Crippen molar-refractivity contribution in [1.29, 1.82) is 0 Å². The van der Waals surface area contributed by atoms with Gasteiger partial charge in [-0.05, 0) is 168 Å². The molecule has 12 nitrogen and oxygen atoms in total.